The van der Waals surface area contributed by atoms with Crippen LogP contribution in [0.2, 0.25) is 0 Å². The van der Waals surface area contributed by atoms with Crippen LogP contribution in [-0.4, -0.2) is 39.0 Å². The van der Waals surface area contributed by atoms with E-state index in [2.05, 4.69) is 0 Å². The number of ether oxygens (including phenoxy) is 1. The molecule has 0 amide bonds. The average molecular weight is 298 g/mol. The van der Waals surface area contributed by atoms with Crippen LogP contribution in [0.25, 0.3) is 0 Å². The first-order valence-corrected chi connectivity index (χ1v) is 8.25. The van der Waals surface area contributed by atoms with Gasteiger partial charge in [0.25, 0.3) is 0 Å². The Morgan fingerprint density at radius 2 is 2.10 bits per heavy atom. The maximum Gasteiger partial charge on any atom is 0.243 e. The first-order valence-electron chi connectivity index (χ1n) is 6.81. The molecule has 1 aliphatic carbocycles. The van der Waals surface area contributed by atoms with Gasteiger partial charge in [-0.25, -0.2) is 8.42 Å². The van der Waals surface area contributed by atoms with Gasteiger partial charge in [0.05, 0.1) is 11.5 Å². The quantitative estimate of drug-likeness (QED) is 0.822. The van der Waals surface area contributed by atoms with Crippen molar-refractivity contribution >= 4 is 10.0 Å². The van der Waals surface area contributed by atoms with Crippen LogP contribution >= 0.6 is 0 Å². The van der Waals surface area contributed by atoms with Gasteiger partial charge in [0.15, 0.2) is 0 Å². The van der Waals surface area contributed by atoms with Gasteiger partial charge in [-0.2, -0.15) is 4.31 Å². The van der Waals surface area contributed by atoms with E-state index in [1.165, 1.54) is 0 Å². The summed E-state index contributed by atoms with van der Waals surface area (Å²) in [6.07, 6.45) is 1.86. The molecule has 1 aromatic carbocycles. The Bertz CT molecular complexity index is 568. The molecule has 6 heteroatoms. The summed E-state index contributed by atoms with van der Waals surface area (Å²) in [4.78, 5) is 0.364. The van der Waals surface area contributed by atoms with E-state index in [-0.39, 0.29) is 6.04 Å². The molecule has 0 aliphatic heterocycles. The highest BCUT2D eigenvalue weighted by molar-refractivity contribution is 7.89. The lowest BCUT2D eigenvalue weighted by Crippen LogP contribution is -2.36. The molecule has 0 saturated heterocycles. The zero-order chi connectivity index (χ0) is 14.8. The molecule has 0 unspecified atom stereocenters. The second kappa shape index (κ2) is 6.22. The van der Waals surface area contributed by atoms with E-state index in [4.69, 9.17) is 10.5 Å². The molecule has 2 rings (SSSR count). The van der Waals surface area contributed by atoms with Gasteiger partial charge in [-0.1, -0.05) is 12.1 Å². The van der Waals surface area contributed by atoms with Crippen molar-refractivity contribution in [1.82, 2.24) is 4.31 Å². The number of methoxy groups -OCH3 is 1. The van der Waals surface area contributed by atoms with Gasteiger partial charge in [0.1, 0.15) is 0 Å². The summed E-state index contributed by atoms with van der Waals surface area (Å²) < 4.78 is 32.3. The van der Waals surface area contributed by atoms with E-state index in [1.54, 1.807) is 17.5 Å². The second-order valence-corrected chi connectivity index (χ2v) is 7.00. The van der Waals surface area contributed by atoms with Gasteiger partial charge in [-0.05, 0) is 37.0 Å². The van der Waals surface area contributed by atoms with Gasteiger partial charge >= 0.3 is 0 Å². The predicted molar refractivity (Wildman–Crippen MR) is 77.9 cm³/mol. The molecular weight excluding hydrogens is 276 g/mol. The third kappa shape index (κ3) is 3.20. The standard InChI is InChI=1S/C14H22N2O3S/c1-11-3-4-12(10-15)9-14(11)20(17,18)16(7-8-19-2)13-5-6-13/h3-4,9,13H,5-8,10,15H2,1-2H3. The molecule has 0 radical (unpaired) electrons. The van der Waals surface area contributed by atoms with Gasteiger partial charge in [0, 0.05) is 26.2 Å². The Kier molecular flexibility index (Phi) is 4.80. The summed E-state index contributed by atoms with van der Waals surface area (Å²) >= 11 is 0. The zero-order valence-corrected chi connectivity index (χ0v) is 12.8. The van der Waals surface area contributed by atoms with Crippen LogP contribution in [0.4, 0.5) is 0 Å². The number of aryl methyl sites for hydroxylation is 1. The van der Waals surface area contributed by atoms with Crippen LogP contribution in [0.15, 0.2) is 23.1 Å². The van der Waals surface area contributed by atoms with Crippen molar-refractivity contribution in [3.8, 4) is 0 Å². The third-order valence-electron chi connectivity index (χ3n) is 3.54. The van der Waals surface area contributed by atoms with E-state index in [9.17, 15) is 8.42 Å². The minimum absolute atomic E-state index is 0.121. The van der Waals surface area contributed by atoms with Crippen LogP contribution < -0.4 is 5.73 Å². The predicted octanol–water partition coefficient (Wildman–Crippen LogP) is 1.25. The molecule has 0 bridgehead atoms. The number of hydrogen-bond donors (Lipinski definition) is 1. The van der Waals surface area contributed by atoms with Crippen molar-refractivity contribution in [2.45, 2.75) is 37.2 Å². The minimum Gasteiger partial charge on any atom is -0.383 e. The van der Waals surface area contributed by atoms with Crippen molar-refractivity contribution in [1.29, 1.82) is 0 Å². The lowest BCUT2D eigenvalue weighted by molar-refractivity contribution is 0.177. The Hall–Kier alpha value is -0.950. The van der Waals surface area contributed by atoms with E-state index >= 15 is 0 Å². The lowest BCUT2D eigenvalue weighted by atomic mass is 10.1. The lowest BCUT2D eigenvalue weighted by Gasteiger charge is -2.23. The number of nitrogens with zero attached hydrogens (tertiary/aromatic N) is 1. The molecule has 0 heterocycles. The topological polar surface area (TPSA) is 72.6 Å². The molecule has 1 saturated carbocycles. The molecule has 1 aliphatic rings. The second-order valence-electron chi connectivity index (χ2n) is 5.14. The molecule has 20 heavy (non-hydrogen) atoms. The van der Waals surface area contributed by atoms with Crippen LogP contribution in [-0.2, 0) is 21.3 Å². The Morgan fingerprint density at radius 1 is 1.40 bits per heavy atom. The fourth-order valence-electron chi connectivity index (χ4n) is 2.22. The van der Waals surface area contributed by atoms with Crippen molar-refractivity contribution in [3.05, 3.63) is 29.3 Å². The van der Waals surface area contributed by atoms with Gasteiger partial charge < -0.3 is 10.5 Å². The molecular formula is C14H22N2O3S. The Labute approximate surface area is 120 Å². The minimum atomic E-state index is -3.48. The molecule has 0 aromatic heterocycles. The van der Waals surface area contributed by atoms with Crippen molar-refractivity contribution in [3.63, 3.8) is 0 Å². The van der Waals surface area contributed by atoms with Crippen LogP contribution in [0.3, 0.4) is 0 Å². The normalized spacial score (nSPS) is 15.8. The third-order valence-corrected chi connectivity index (χ3v) is 5.64. The van der Waals surface area contributed by atoms with Crippen molar-refractivity contribution < 1.29 is 13.2 Å². The van der Waals surface area contributed by atoms with E-state index in [0.29, 0.717) is 24.6 Å². The maximum atomic E-state index is 12.8. The highest BCUT2D eigenvalue weighted by atomic mass is 32.2. The zero-order valence-electron chi connectivity index (χ0n) is 12.0. The molecule has 1 aromatic rings. The number of rotatable bonds is 7. The summed E-state index contributed by atoms with van der Waals surface area (Å²) in [5.41, 5.74) is 7.20. The average Bonchev–Trinajstić information content (AvgIpc) is 3.24. The van der Waals surface area contributed by atoms with Crippen LogP contribution in [0.5, 0.6) is 0 Å². The summed E-state index contributed by atoms with van der Waals surface area (Å²) in [6, 6.07) is 5.49. The maximum absolute atomic E-state index is 12.8. The molecule has 1 fully saturated rings. The Balaban J connectivity index is 2.36. The Morgan fingerprint density at radius 3 is 2.65 bits per heavy atom. The summed E-state index contributed by atoms with van der Waals surface area (Å²) in [6.45, 7) is 2.96. The SMILES string of the molecule is COCCN(C1CC1)S(=O)(=O)c1cc(CN)ccc1C. The van der Waals surface area contributed by atoms with E-state index in [1.807, 2.05) is 19.1 Å². The van der Waals surface area contributed by atoms with Crippen LogP contribution in [0.1, 0.15) is 24.0 Å². The number of nitrogens with two attached hydrogens (primary N) is 1. The van der Waals surface area contributed by atoms with Crippen LogP contribution in [0, 0.1) is 6.92 Å². The summed E-state index contributed by atoms with van der Waals surface area (Å²) in [5, 5.41) is 0. The van der Waals surface area contributed by atoms with Gasteiger partial charge in [0.2, 0.25) is 10.0 Å². The first-order chi connectivity index (χ1) is 9.50. The number of hydrogen-bond acceptors (Lipinski definition) is 4. The molecule has 0 atom stereocenters. The largest absolute Gasteiger partial charge is 0.383 e. The monoisotopic (exact) mass is 298 g/mol. The highest BCUT2D eigenvalue weighted by Gasteiger charge is 2.38. The van der Waals surface area contributed by atoms with Crippen molar-refractivity contribution in [2.24, 2.45) is 5.73 Å². The number of benzene rings is 1. The van der Waals surface area contributed by atoms with Gasteiger partial charge in [-0.3, -0.25) is 0 Å². The van der Waals surface area contributed by atoms with Crippen molar-refractivity contribution in [2.75, 3.05) is 20.3 Å². The smallest absolute Gasteiger partial charge is 0.243 e. The van der Waals surface area contributed by atoms with Gasteiger partial charge in [-0.15, -0.1) is 0 Å². The molecule has 2 N–H and O–H groups in total. The highest BCUT2D eigenvalue weighted by Crippen LogP contribution is 2.33. The fraction of sp³-hybridized carbons (Fsp3) is 0.571. The summed E-state index contributed by atoms with van der Waals surface area (Å²) in [7, 11) is -1.89. The number of sulfonamides is 1. The van der Waals surface area contributed by atoms with E-state index < -0.39 is 10.0 Å². The summed E-state index contributed by atoms with van der Waals surface area (Å²) in [5.74, 6) is 0. The molecule has 112 valence electrons. The molecule has 0 spiro atoms. The fourth-order valence-corrected chi connectivity index (χ4v) is 4.16. The van der Waals surface area contributed by atoms with E-state index in [0.717, 1.165) is 24.0 Å². The molecule has 5 nitrogen and oxygen atoms in total. The first kappa shape index (κ1) is 15.4.